The molecule has 0 saturated heterocycles. The van der Waals surface area contributed by atoms with Crippen molar-refractivity contribution in [1.29, 1.82) is 0 Å². The van der Waals surface area contributed by atoms with Crippen molar-refractivity contribution in [1.82, 2.24) is 14.8 Å². The van der Waals surface area contributed by atoms with Gasteiger partial charge in [-0.25, -0.2) is 0 Å². The highest BCUT2D eigenvalue weighted by Gasteiger charge is 2.27. The van der Waals surface area contributed by atoms with E-state index >= 15 is 0 Å². The van der Waals surface area contributed by atoms with Gasteiger partial charge in [-0.05, 0) is 11.8 Å². The van der Waals surface area contributed by atoms with E-state index in [-0.39, 0.29) is 0 Å². The summed E-state index contributed by atoms with van der Waals surface area (Å²) in [5, 5.41) is 8.18. The van der Waals surface area contributed by atoms with Crippen LogP contribution in [0, 0.1) is 5.41 Å². The third-order valence-corrected chi connectivity index (χ3v) is 2.87. The van der Waals surface area contributed by atoms with E-state index in [1.807, 2.05) is 0 Å². The summed E-state index contributed by atoms with van der Waals surface area (Å²) in [5.74, 6) is 2.46. The van der Waals surface area contributed by atoms with Gasteiger partial charge >= 0.3 is 0 Å². The van der Waals surface area contributed by atoms with Crippen molar-refractivity contribution in [2.45, 2.75) is 39.1 Å². The number of aromatic nitrogens is 3. The second kappa shape index (κ2) is 2.98. The zero-order valence-corrected chi connectivity index (χ0v) is 8.80. The summed E-state index contributed by atoms with van der Waals surface area (Å²) in [7, 11) is 0. The second-order valence-corrected chi connectivity index (χ2v) is 4.68. The summed E-state index contributed by atoms with van der Waals surface area (Å²) in [6.45, 7) is 5.54. The van der Waals surface area contributed by atoms with Gasteiger partial charge in [0, 0.05) is 13.0 Å². The van der Waals surface area contributed by atoms with Crippen molar-refractivity contribution < 1.29 is 0 Å². The molecule has 0 spiro atoms. The Morgan fingerprint density at radius 1 is 1.46 bits per heavy atom. The molecule has 3 nitrogen and oxygen atoms in total. The Bertz CT molecular complexity index is 303. The van der Waals surface area contributed by atoms with Crippen molar-refractivity contribution in [3.8, 4) is 0 Å². The van der Waals surface area contributed by atoms with Gasteiger partial charge in [-0.3, -0.25) is 0 Å². The Balaban J connectivity index is 2.36. The first-order valence-electron chi connectivity index (χ1n) is 4.59. The Morgan fingerprint density at radius 3 is 2.92 bits per heavy atom. The van der Waals surface area contributed by atoms with Crippen LogP contribution < -0.4 is 0 Å². The largest absolute Gasteiger partial charge is 0.313 e. The molecule has 72 valence electrons. The van der Waals surface area contributed by atoms with E-state index in [0.717, 1.165) is 24.6 Å². The van der Waals surface area contributed by atoms with E-state index in [2.05, 4.69) is 28.6 Å². The number of alkyl halides is 1. The highest BCUT2D eigenvalue weighted by atomic mass is 35.5. The maximum Gasteiger partial charge on any atom is 0.147 e. The van der Waals surface area contributed by atoms with Crippen LogP contribution in [-0.2, 0) is 18.8 Å². The smallest absolute Gasteiger partial charge is 0.147 e. The molecule has 0 aromatic carbocycles. The number of aryl methyl sites for hydroxylation is 1. The van der Waals surface area contributed by atoms with Crippen LogP contribution in [0.1, 0.15) is 31.9 Å². The molecule has 0 N–H and O–H groups in total. The molecular weight excluding hydrogens is 186 g/mol. The molecule has 0 amide bonds. The first kappa shape index (κ1) is 9.00. The summed E-state index contributed by atoms with van der Waals surface area (Å²) >= 11 is 5.78. The molecule has 0 radical (unpaired) electrons. The molecule has 0 saturated carbocycles. The van der Waals surface area contributed by atoms with E-state index < -0.39 is 0 Å². The van der Waals surface area contributed by atoms with Crippen molar-refractivity contribution in [3.05, 3.63) is 11.6 Å². The standard InChI is InChI=1S/C9H14ClN3/c1-9(2)4-3-7-11-12-8(5-10)13(7)6-9/h3-6H2,1-2H3. The zero-order chi connectivity index (χ0) is 9.47. The predicted molar refractivity (Wildman–Crippen MR) is 51.7 cm³/mol. The molecule has 2 rings (SSSR count). The fourth-order valence-electron chi connectivity index (χ4n) is 1.80. The quantitative estimate of drug-likeness (QED) is 0.648. The molecule has 0 atom stereocenters. The molecular formula is C9H14ClN3. The van der Waals surface area contributed by atoms with Crippen molar-refractivity contribution in [2.24, 2.45) is 5.41 Å². The summed E-state index contributed by atoms with van der Waals surface area (Å²) in [4.78, 5) is 0. The van der Waals surface area contributed by atoms with Gasteiger partial charge in [0.25, 0.3) is 0 Å². The Hall–Kier alpha value is -0.570. The summed E-state index contributed by atoms with van der Waals surface area (Å²) in [6, 6.07) is 0. The van der Waals surface area contributed by atoms with Gasteiger partial charge in [-0.15, -0.1) is 21.8 Å². The van der Waals surface area contributed by atoms with Gasteiger partial charge in [-0.2, -0.15) is 0 Å². The minimum atomic E-state index is 0.357. The lowest BCUT2D eigenvalue weighted by Gasteiger charge is -2.30. The fraction of sp³-hybridized carbons (Fsp3) is 0.778. The first-order valence-corrected chi connectivity index (χ1v) is 5.13. The van der Waals surface area contributed by atoms with Gasteiger partial charge in [-0.1, -0.05) is 13.8 Å². The first-order chi connectivity index (χ1) is 6.12. The maximum absolute atomic E-state index is 5.78. The Labute approximate surface area is 83.1 Å². The van der Waals surface area contributed by atoms with Crippen LogP contribution in [-0.4, -0.2) is 14.8 Å². The molecule has 13 heavy (non-hydrogen) atoms. The molecule has 1 aromatic rings. The molecule has 0 bridgehead atoms. The van der Waals surface area contributed by atoms with Crippen LogP contribution >= 0.6 is 11.6 Å². The Kier molecular flexibility index (Phi) is 2.06. The average Bonchev–Trinajstić information content (AvgIpc) is 2.44. The molecule has 1 aromatic heterocycles. The topological polar surface area (TPSA) is 30.7 Å². The van der Waals surface area contributed by atoms with Crippen LogP contribution in [0.3, 0.4) is 0 Å². The predicted octanol–water partition coefficient (Wildman–Crippen LogP) is 1.99. The minimum absolute atomic E-state index is 0.357. The van der Waals surface area contributed by atoms with Crippen molar-refractivity contribution in [3.63, 3.8) is 0 Å². The highest BCUT2D eigenvalue weighted by molar-refractivity contribution is 6.16. The van der Waals surface area contributed by atoms with Gasteiger partial charge in [0.1, 0.15) is 11.6 Å². The molecule has 0 aliphatic carbocycles. The van der Waals surface area contributed by atoms with Crippen LogP contribution in [0.4, 0.5) is 0 Å². The lowest BCUT2D eigenvalue weighted by Crippen LogP contribution is -2.28. The third-order valence-electron chi connectivity index (χ3n) is 2.64. The average molecular weight is 200 g/mol. The molecule has 4 heteroatoms. The van der Waals surface area contributed by atoms with E-state index in [1.165, 1.54) is 6.42 Å². The van der Waals surface area contributed by atoms with E-state index in [1.54, 1.807) is 0 Å². The molecule has 0 fully saturated rings. The number of hydrogen-bond acceptors (Lipinski definition) is 2. The van der Waals surface area contributed by atoms with E-state index in [4.69, 9.17) is 11.6 Å². The number of rotatable bonds is 1. The lowest BCUT2D eigenvalue weighted by molar-refractivity contribution is 0.244. The molecule has 1 aliphatic heterocycles. The normalized spacial score (nSPS) is 19.9. The summed E-state index contributed by atoms with van der Waals surface area (Å²) in [6.07, 6.45) is 2.21. The SMILES string of the molecule is CC1(C)CCc2nnc(CCl)n2C1. The van der Waals surface area contributed by atoms with E-state index in [9.17, 15) is 0 Å². The van der Waals surface area contributed by atoms with Crippen LogP contribution in [0.25, 0.3) is 0 Å². The number of fused-ring (bicyclic) bond motifs is 1. The maximum atomic E-state index is 5.78. The van der Waals surface area contributed by atoms with Gasteiger partial charge in [0.2, 0.25) is 0 Å². The third kappa shape index (κ3) is 1.57. The van der Waals surface area contributed by atoms with E-state index in [0.29, 0.717) is 11.3 Å². The highest BCUT2D eigenvalue weighted by Crippen LogP contribution is 2.30. The summed E-state index contributed by atoms with van der Waals surface area (Å²) < 4.78 is 2.16. The Morgan fingerprint density at radius 2 is 2.23 bits per heavy atom. The molecule has 1 aliphatic rings. The van der Waals surface area contributed by atoms with Gasteiger partial charge < -0.3 is 4.57 Å². The van der Waals surface area contributed by atoms with Crippen LogP contribution in [0.15, 0.2) is 0 Å². The van der Waals surface area contributed by atoms with Gasteiger partial charge in [0.15, 0.2) is 0 Å². The zero-order valence-electron chi connectivity index (χ0n) is 8.05. The second-order valence-electron chi connectivity index (χ2n) is 4.42. The number of halogens is 1. The molecule has 2 heterocycles. The van der Waals surface area contributed by atoms with Crippen LogP contribution in [0.5, 0.6) is 0 Å². The number of hydrogen-bond donors (Lipinski definition) is 0. The summed E-state index contributed by atoms with van der Waals surface area (Å²) in [5.41, 5.74) is 0.357. The van der Waals surface area contributed by atoms with Gasteiger partial charge in [0.05, 0.1) is 5.88 Å². The fourth-order valence-corrected chi connectivity index (χ4v) is 1.99. The monoisotopic (exact) mass is 199 g/mol. The van der Waals surface area contributed by atoms with Crippen LogP contribution in [0.2, 0.25) is 0 Å². The molecule has 0 unspecified atom stereocenters. The van der Waals surface area contributed by atoms with Crippen molar-refractivity contribution >= 4 is 11.6 Å². The number of nitrogens with zero attached hydrogens (tertiary/aromatic N) is 3. The lowest BCUT2D eigenvalue weighted by atomic mass is 9.85. The van der Waals surface area contributed by atoms with Crippen molar-refractivity contribution in [2.75, 3.05) is 0 Å². The minimum Gasteiger partial charge on any atom is -0.313 e.